The number of anilines is 1. The molecule has 0 saturated carbocycles. The van der Waals surface area contributed by atoms with Gasteiger partial charge in [0, 0.05) is 0 Å². The van der Waals surface area contributed by atoms with E-state index in [0.29, 0.717) is 27.3 Å². The normalized spacial score (nSPS) is 14.9. The third-order valence-electron chi connectivity index (χ3n) is 4.81. The van der Waals surface area contributed by atoms with Crippen LogP contribution in [0.15, 0.2) is 77.7 Å². The second-order valence-electron chi connectivity index (χ2n) is 7.04. The molecule has 0 aliphatic carbocycles. The van der Waals surface area contributed by atoms with Crippen LogP contribution in [0.4, 0.5) is 5.69 Å². The highest BCUT2D eigenvalue weighted by molar-refractivity contribution is 8.27. The lowest BCUT2D eigenvalue weighted by Gasteiger charge is -2.14. The number of carbonyl (C=O) groups excluding carboxylic acids is 1. The van der Waals surface area contributed by atoms with Crippen molar-refractivity contribution in [3.8, 4) is 11.5 Å². The second-order valence-corrected chi connectivity index (χ2v) is 8.71. The second kappa shape index (κ2) is 9.37. The van der Waals surface area contributed by atoms with E-state index in [1.54, 1.807) is 12.0 Å². The quantitative estimate of drug-likeness (QED) is 0.343. The first-order valence-electron chi connectivity index (χ1n) is 9.74. The largest absolute Gasteiger partial charge is 0.493 e. The lowest BCUT2D eigenvalue weighted by atomic mass is 10.1. The topological polar surface area (TPSA) is 38.8 Å². The van der Waals surface area contributed by atoms with Crippen LogP contribution in [0.25, 0.3) is 6.08 Å². The minimum atomic E-state index is -0.125. The standard InChI is InChI=1S/C25H21NO3S2/c1-17-8-10-18(11-9-17)16-29-21-13-12-19(14-22(21)28-2)15-23-24(27)26(25(30)31-23)20-6-4-3-5-7-20/h3-15H,16H2,1-2H3/b23-15+. The highest BCUT2D eigenvalue weighted by Gasteiger charge is 2.33. The molecule has 0 unspecified atom stereocenters. The molecule has 0 spiro atoms. The van der Waals surface area contributed by atoms with Crippen molar-refractivity contribution in [2.75, 3.05) is 12.0 Å². The molecular formula is C25H21NO3S2. The van der Waals surface area contributed by atoms with Crippen LogP contribution in [0.2, 0.25) is 0 Å². The number of para-hydroxylation sites is 1. The molecule has 1 heterocycles. The van der Waals surface area contributed by atoms with Gasteiger partial charge >= 0.3 is 0 Å². The summed E-state index contributed by atoms with van der Waals surface area (Å²) in [7, 11) is 1.60. The van der Waals surface area contributed by atoms with Crippen molar-refractivity contribution in [1.29, 1.82) is 0 Å². The van der Waals surface area contributed by atoms with E-state index in [-0.39, 0.29) is 5.91 Å². The van der Waals surface area contributed by atoms with E-state index in [0.717, 1.165) is 16.8 Å². The minimum absolute atomic E-state index is 0.125. The maximum absolute atomic E-state index is 12.9. The van der Waals surface area contributed by atoms with E-state index in [4.69, 9.17) is 21.7 Å². The Morgan fingerprint density at radius 3 is 2.45 bits per heavy atom. The molecule has 156 valence electrons. The van der Waals surface area contributed by atoms with Crippen LogP contribution >= 0.6 is 24.0 Å². The van der Waals surface area contributed by atoms with E-state index in [9.17, 15) is 4.79 Å². The highest BCUT2D eigenvalue weighted by atomic mass is 32.2. The number of amides is 1. The molecule has 1 fully saturated rings. The first kappa shape index (κ1) is 21.2. The molecule has 0 radical (unpaired) electrons. The van der Waals surface area contributed by atoms with Gasteiger partial charge in [-0.2, -0.15) is 0 Å². The Kier molecular flexibility index (Phi) is 6.39. The first-order chi connectivity index (χ1) is 15.0. The number of thioether (sulfide) groups is 1. The van der Waals surface area contributed by atoms with Gasteiger partial charge in [-0.05, 0) is 48.4 Å². The zero-order valence-electron chi connectivity index (χ0n) is 17.2. The number of aryl methyl sites for hydroxylation is 1. The number of benzene rings is 3. The number of thiocarbonyl (C=S) groups is 1. The van der Waals surface area contributed by atoms with Gasteiger partial charge in [0.25, 0.3) is 5.91 Å². The Hall–Kier alpha value is -3.09. The van der Waals surface area contributed by atoms with Crippen LogP contribution in [0.1, 0.15) is 16.7 Å². The van der Waals surface area contributed by atoms with Crippen LogP contribution in [-0.2, 0) is 11.4 Å². The molecule has 4 rings (SSSR count). The van der Waals surface area contributed by atoms with Crippen LogP contribution in [-0.4, -0.2) is 17.3 Å². The number of ether oxygens (including phenoxy) is 2. The molecular weight excluding hydrogens is 426 g/mol. The lowest BCUT2D eigenvalue weighted by molar-refractivity contribution is -0.113. The van der Waals surface area contributed by atoms with Crippen molar-refractivity contribution in [1.82, 2.24) is 0 Å². The van der Waals surface area contributed by atoms with Gasteiger partial charge < -0.3 is 9.47 Å². The predicted octanol–water partition coefficient (Wildman–Crippen LogP) is 5.99. The summed E-state index contributed by atoms with van der Waals surface area (Å²) in [6.45, 7) is 2.51. The zero-order valence-corrected chi connectivity index (χ0v) is 18.8. The van der Waals surface area contributed by atoms with Crippen LogP contribution in [0.3, 0.4) is 0 Å². The summed E-state index contributed by atoms with van der Waals surface area (Å²) >= 11 is 6.73. The van der Waals surface area contributed by atoms with Gasteiger partial charge in [-0.3, -0.25) is 9.69 Å². The lowest BCUT2D eigenvalue weighted by Crippen LogP contribution is -2.27. The summed E-state index contributed by atoms with van der Waals surface area (Å²) in [6.07, 6.45) is 1.83. The van der Waals surface area contributed by atoms with Crippen molar-refractivity contribution in [2.45, 2.75) is 13.5 Å². The van der Waals surface area contributed by atoms with Gasteiger partial charge in [-0.1, -0.05) is 78.1 Å². The van der Waals surface area contributed by atoms with Gasteiger partial charge in [-0.15, -0.1) is 0 Å². The third kappa shape index (κ3) is 4.81. The Balaban J connectivity index is 1.52. The summed E-state index contributed by atoms with van der Waals surface area (Å²) in [5.74, 6) is 1.14. The van der Waals surface area contributed by atoms with Gasteiger partial charge in [0.15, 0.2) is 15.8 Å². The highest BCUT2D eigenvalue weighted by Crippen LogP contribution is 2.37. The smallest absolute Gasteiger partial charge is 0.270 e. The molecule has 0 atom stereocenters. The fourth-order valence-electron chi connectivity index (χ4n) is 3.16. The van der Waals surface area contributed by atoms with E-state index >= 15 is 0 Å². The summed E-state index contributed by atoms with van der Waals surface area (Å²) in [5, 5.41) is 0. The van der Waals surface area contributed by atoms with Crippen molar-refractivity contribution in [2.24, 2.45) is 0 Å². The molecule has 0 N–H and O–H groups in total. The van der Waals surface area contributed by atoms with Crippen LogP contribution in [0.5, 0.6) is 11.5 Å². The molecule has 4 nitrogen and oxygen atoms in total. The Morgan fingerprint density at radius 2 is 1.74 bits per heavy atom. The minimum Gasteiger partial charge on any atom is -0.493 e. The molecule has 31 heavy (non-hydrogen) atoms. The Bertz CT molecular complexity index is 1140. The van der Waals surface area contributed by atoms with Crippen molar-refractivity contribution in [3.63, 3.8) is 0 Å². The zero-order chi connectivity index (χ0) is 21.8. The van der Waals surface area contributed by atoms with Gasteiger partial charge in [-0.25, -0.2) is 0 Å². The fourth-order valence-corrected chi connectivity index (χ4v) is 4.46. The molecule has 0 aromatic heterocycles. The van der Waals surface area contributed by atoms with Crippen molar-refractivity contribution >= 4 is 46.0 Å². The summed E-state index contributed by atoms with van der Waals surface area (Å²) < 4.78 is 12.0. The number of hydrogen-bond acceptors (Lipinski definition) is 5. The fraction of sp³-hybridized carbons (Fsp3) is 0.120. The molecule has 1 aliphatic heterocycles. The number of nitrogens with zero attached hydrogens (tertiary/aromatic N) is 1. The summed E-state index contributed by atoms with van der Waals surface area (Å²) in [5.41, 5.74) is 3.91. The molecule has 6 heteroatoms. The Labute approximate surface area is 191 Å². The van der Waals surface area contributed by atoms with E-state index in [2.05, 4.69) is 19.1 Å². The molecule has 1 aliphatic rings. The number of hydrogen-bond donors (Lipinski definition) is 0. The Morgan fingerprint density at radius 1 is 1.00 bits per heavy atom. The molecule has 1 amide bonds. The van der Waals surface area contributed by atoms with E-state index < -0.39 is 0 Å². The molecule has 3 aromatic carbocycles. The monoisotopic (exact) mass is 447 g/mol. The van der Waals surface area contributed by atoms with Gasteiger partial charge in [0.1, 0.15) is 6.61 Å². The van der Waals surface area contributed by atoms with E-state index in [1.807, 2.05) is 66.7 Å². The van der Waals surface area contributed by atoms with Gasteiger partial charge in [0.2, 0.25) is 0 Å². The summed E-state index contributed by atoms with van der Waals surface area (Å²) in [6, 6.07) is 23.3. The van der Waals surface area contributed by atoms with Crippen LogP contribution in [0, 0.1) is 6.92 Å². The van der Waals surface area contributed by atoms with Crippen molar-refractivity contribution < 1.29 is 14.3 Å². The number of carbonyl (C=O) groups is 1. The number of methoxy groups -OCH3 is 1. The SMILES string of the molecule is COc1cc(/C=C2/SC(=S)N(c3ccccc3)C2=O)ccc1OCc1ccc(C)cc1. The molecule has 1 saturated heterocycles. The number of rotatable bonds is 6. The predicted molar refractivity (Wildman–Crippen MR) is 131 cm³/mol. The first-order valence-corrected chi connectivity index (χ1v) is 11.0. The average molecular weight is 448 g/mol. The molecule has 0 bridgehead atoms. The maximum Gasteiger partial charge on any atom is 0.270 e. The van der Waals surface area contributed by atoms with E-state index in [1.165, 1.54) is 17.3 Å². The third-order valence-corrected chi connectivity index (χ3v) is 6.11. The molecule has 3 aromatic rings. The van der Waals surface area contributed by atoms with Crippen molar-refractivity contribution in [3.05, 3.63) is 94.4 Å². The van der Waals surface area contributed by atoms with Gasteiger partial charge in [0.05, 0.1) is 17.7 Å². The van der Waals surface area contributed by atoms with Crippen LogP contribution < -0.4 is 14.4 Å². The maximum atomic E-state index is 12.9. The summed E-state index contributed by atoms with van der Waals surface area (Å²) in [4.78, 5) is 15.0. The average Bonchev–Trinajstić information content (AvgIpc) is 3.07.